The van der Waals surface area contributed by atoms with Crippen LogP contribution in [0.4, 0.5) is 5.82 Å². The molecule has 1 aromatic heterocycles. The summed E-state index contributed by atoms with van der Waals surface area (Å²) in [7, 11) is 3.56. The fraction of sp³-hybridized carbons (Fsp3) is 0.412. The molecule has 0 saturated heterocycles. The molecule has 0 aliphatic rings. The Labute approximate surface area is 126 Å². The molecule has 0 amide bonds. The minimum atomic E-state index is -0.0967. The largest absolute Gasteiger partial charge is 0.497 e. The van der Waals surface area contributed by atoms with Crippen molar-refractivity contribution in [3.8, 4) is 17.0 Å². The number of hydrogen-bond acceptors (Lipinski definition) is 4. The van der Waals surface area contributed by atoms with E-state index < -0.39 is 0 Å². The first-order chi connectivity index (χ1) is 9.86. The van der Waals surface area contributed by atoms with Crippen LogP contribution in [0.3, 0.4) is 0 Å². The highest BCUT2D eigenvalue weighted by Gasteiger charge is 2.21. The van der Waals surface area contributed by atoms with Crippen LogP contribution in [0.2, 0.25) is 0 Å². The summed E-state index contributed by atoms with van der Waals surface area (Å²) in [6.07, 6.45) is 0. The van der Waals surface area contributed by atoms with Crippen LogP contribution >= 0.6 is 0 Å². The summed E-state index contributed by atoms with van der Waals surface area (Å²) in [6.45, 7) is 8.40. The number of hydrogen-bond donors (Lipinski definition) is 1. The van der Waals surface area contributed by atoms with E-state index in [1.807, 2.05) is 38.2 Å². The second kappa shape index (κ2) is 5.72. The number of ether oxygens (including phenoxy) is 1. The number of methoxy groups -OCH3 is 1. The number of aromatic nitrogens is 2. The van der Waals surface area contributed by atoms with Crippen LogP contribution in [0.15, 0.2) is 24.3 Å². The van der Waals surface area contributed by atoms with Gasteiger partial charge in [-0.1, -0.05) is 20.8 Å². The van der Waals surface area contributed by atoms with Crippen LogP contribution < -0.4 is 10.1 Å². The summed E-state index contributed by atoms with van der Waals surface area (Å²) in [4.78, 5) is 9.42. The van der Waals surface area contributed by atoms with Crippen LogP contribution in [0.1, 0.15) is 32.2 Å². The highest BCUT2D eigenvalue weighted by molar-refractivity contribution is 5.68. The molecule has 0 radical (unpaired) electrons. The number of nitrogens with one attached hydrogen (secondary N) is 1. The summed E-state index contributed by atoms with van der Waals surface area (Å²) < 4.78 is 5.21. The maximum atomic E-state index is 5.21. The van der Waals surface area contributed by atoms with Gasteiger partial charge in [0.05, 0.1) is 12.8 Å². The van der Waals surface area contributed by atoms with Crippen LogP contribution in [-0.2, 0) is 5.41 Å². The summed E-state index contributed by atoms with van der Waals surface area (Å²) in [6, 6.07) is 7.96. The van der Waals surface area contributed by atoms with Gasteiger partial charge in [-0.25, -0.2) is 9.97 Å². The second-order valence-corrected chi connectivity index (χ2v) is 6.10. The molecule has 0 fully saturated rings. The van der Waals surface area contributed by atoms with E-state index in [1.54, 1.807) is 7.11 Å². The maximum Gasteiger partial charge on any atom is 0.136 e. The van der Waals surface area contributed by atoms with Gasteiger partial charge in [0, 0.05) is 23.6 Å². The van der Waals surface area contributed by atoms with Gasteiger partial charge in [0.1, 0.15) is 17.4 Å². The summed E-state index contributed by atoms with van der Waals surface area (Å²) >= 11 is 0. The van der Waals surface area contributed by atoms with Crippen LogP contribution in [0, 0.1) is 6.92 Å². The van der Waals surface area contributed by atoms with Crippen molar-refractivity contribution in [1.82, 2.24) is 9.97 Å². The Kier molecular flexibility index (Phi) is 4.16. The predicted octanol–water partition coefficient (Wildman–Crippen LogP) is 3.80. The van der Waals surface area contributed by atoms with E-state index in [-0.39, 0.29) is 5.41 Å². The zero-order chi connectivity index (χ0) is 15.6. The van der Waals surface area contributed by atoms with Crippen molar-refractivity contribution in [1.29, 1.82) is 0 Å². The maximum absolute atomic E-state index is 5.21. The van der Waals surface area contributed by atoms with Crippen molar-refractivity contribution in [2.45, 2.75) is 33.1 Å². The summed E-state index contributed by atoms with van der Waals surface area (Å²) in [5, 5.41) is 3.16. The lowest BCUT2D eigenvalue weighted by atomic mass is 9.95. The number of nitrogens with zero attached hydrogens (tertiary/aromatic N) is 2. The Morgan fingerprint density at radius 3 is 2.14 bits per heavy atom. The minimum Gasteiger partial charge on any atom is -0.497 e. The fourth-order valence-electron chi connectivity index (χ4n) is 2.13. The average Bonchev–Trinajstić information content (AvgIpc) is 2.46. The van der Waals surface area contributed by atoms with Gasteiger partial charge >= 0.3 is 0 Å². The predicted molar refractivity (Wildman–Crippen MR) is 87.0 cm³/mol. The number of benzene rings is 1. The third-order valence-corrected chi connectivity index (χ3v) is 3.42. The van der Waals surface area contributed by atoms with Gasteiger partial charge in [-0.2, -0.15) is 0 Å². The Hall–Kier alpha value is -2.10. The Morgan fingerprint density at radius 1 is 1.05 bits per heavy atom. The Bertz CT molecular complexity index is 628. The van der Waals surface area contributed by atoms with Crippen molar-refractivity contribution >= 4 is 5.82 Å². The van der Waals surface area contributed by atoms with Crippen LogP contribution in [0.25, 0.3) is 11.3 Å². The van der Waals surface area contributed by atoms with Crippen molar-refractivity contribution in [3.05, 3.63) is 35.7 Å². The summed E-state index contributed by atoms with van der Waals surface area (Å²) in [5.74, 6) is 2.55. The second-order valence-electron chi connectivity index (χ2n) is 6.10. The van der Waals surface area contributed by atoms with E-state index >= 15 is 0 Å². The van der Waals surface area contributed by atoms with Gasteiger partial charge in [0.15, 0.2) is 0 Å². The van der Waals surface area contributed by atoms with Crippen LogP contribution in [0.5, 0.6) is 5.75 Å². The minimum absolute atomic E-state index is 0.0967. The molecule has 4 heteroatoms. The SMILES string of the molecule is CNc1nc(C(C)(C)C)nc(-c2ccc(OC)cc2)c1C. The third kappa shape index (κ3) is 3.15. The van der Waals surface area contributed by atoms with E-state index in [4.69, 9.17) is 9.72 Å². The normalized spacial score (nSPS) is 11.3. The van der Waals surface area contributed by atoms with E-state index in [0.717, 1.165) is 34.2 Å². The lowest BCUT2D eigenvalue weighted by Gasteiger charge is -2.20. The highest BCUT2D eigenvalue weighted by atomic mass is 16.5. The zero-order valence-electron chi connectivity index (χ0n) is 13.6. The number of rotatable bonds is 3. The average molecular weight is 285 g/mol. The van der Waals surface area contributed by atoms with Gasteiger partial charge < -0.3 is 10.1 Å². The molecular formula is C17H23N3O. The van der Waals surface area contributed by atoms with E-state index in [2.05, 4.69) is 31.1 Å². The van der Waals surface area contributed by atoms with Gasteiger partial charge in [-0.05, 0) is 31.2 Å². The monoisotopic (exact) mass is 285 g/mol. The molecule has 0 bridgehead atoms. The lowest BCUT2D eigenvalue weighted by Crippen LogP contribution is -2.18. The highest BCUT2D eigenvalue weighted by Crippen LogP contribution is 2.30. The van der Waals surface area contributed by atoms with E-state index in [9.17, 15) is 0 Å². The molecule has 112 valence electrons. The van der Waals surface area contributed by atoms with Crippen molar-refractivity contribution in [2.24, 2.45) is 0 Å². The molecule has 0 unspecified atom stereocenters. The van der Waals surface area contributed by atoms with E-state index in [1.165, 1.54) is 0 Å². The van der Waals surface area contributed by atoms with Crippen LogP contribution in [-0.4, -0.2) is 24.1 Å². The zero-order valence-corrected chi connectivity index (χ0v) is 13.6. The van der Waals surface area contributed by atoms with Crippen molar-refractivity contribution < 1.29 is 4.74 Å². The molecule has 2 rings (SSSR count). The molecular weight excluding hydrogens is 262 g/mol. The number of anilines is 1. The molecule has 0 aliphatic heterocycles. The van der Waals surface area contributed by atoms with Gasteiger partial charge in [-0.3, -0.25) is 0 Å². The standard InChI is InChI=1S/C17H23N3O/c1-11-14(12-7-9-13(21-6)10-8-12)19-16(17(2,3)4)20-15(11)18-5/h7-10H,1-6H3,(H,18,19,20). The van der Waals surface area contributed by atoms with Gasteiger partial charge in [0.25, 0.3) is 0 Å². The van der Waals surface area contributed by atoms with Crippen molar-refractivity contribution in [2.75, 3.05) is 19.5 Å². The molecule has 0 spiro atoms. The molecule has 4 nitrogen and oxygen atoms in total. The molecule has 0 aliphatic carbocycles. The molecule has 1 aromatic carbocycles. The molecule has 1 N–H and O–H groups in total. The third-order valence-electron chi connectivity index (χ3n) is 3.42. The summed E-state index contributed by atoms with van der Waals surface area (Å²) in [5.41, 5.74) is 2.98. The Morgan fingerprint density at radius 2 is 1.67 bits per heavy atom. The molecule has 2 aromatic rings. The topological polar surface area (TPSA) is 47.0 Å². The fourth-order valence-corrected chi connectivity index (χ4v) is 2.13. The van der Waals surface area contributed by atoms with Gasteiger partial charge in [-0.15, -0.1) is 0 Å². The lowest BCUT2D eigenvalue weighted by molar-refractivity contribution is 0.415. The molecule has 0 saturated carbocycles. The first kappa shape index (κ1) is 15.3. The van der Waals surface area contributed by atoms with Crippen molar-refractivity contribution in [3.63, 3.8) is 0 Å². The first-order valence-electron chi connectivity index (χ1n) is 7.08. The Balaban J connectivity index is 2.60. The molecule has 1 heterocycles. The first-order valence-corrected chi connectivity index (χ1v) is 7.08. The quantitative estimate of drug-likeness (QED) is 0.931. The van der Waals surface area contributed by atoms with E-state index in [0.29, 0.717) is 0 Å². The van der Waals surface area contributed by atoms with Gasteiger partial charge in [0.2, 0.25) is 0 Å². The molecule has 0 atom stereocenters. The molecule has 21 heavy (non-hydrogen) atoms. The smallest absolute Gasteiger partial charge is 0.136 e.